The molecule has 0 saturated heterocycles. The predicted molar refractivity (Wildman–Crippen MR) is 70.6 cm³/mol. The molecule has 0 aliphatic carbocycles. The minimum absolute atomic E-state index is 0.0935. The van der Waals surface area contributed by atoms with E-state index < -0.39 is 10.0 Å². The molecule has 100 valence electrons. The van der Waals surface area contributed by atoms with Gasteiger partial charge in [0.15, 0.2) is 0 Å². The maximum absolute atomic E-state index is 12.2. The Morgan fingerprint density at radius 1 is 1.22 bits per heavy atom. The van der Waals surface area contributed by atoms with Gasteiger partial charge in [-0.1, -0.05) is 6.92 Å². The van der Waals surface area contributed by atoms with Crippen molar-refractivity contribution >= 4 is 10.0 Å². The Morgan fingerprint density at radius 2 is 1.83 bits per heavy atom. The Bertz CT molecular complexity index is 578. The molecule has 0 radical (unpaired) electrons. The summed E-state index contributed by atoms with van der Waals surface area (Å²) in [5, 5.41) is 0. The second-order valence-electron chi connectivity index (χ2n) is 5.00. The quantitative estimate of drug-likeness (QED) is 0.826. The van der Waals surface area contributed by atoms with Gasteiger partial charge in [0, 0.05) is 25.6 Å². The Morgan fingerprint density at radius 3 is 2.39 bits per heavy atom. The van der Waals surface area contributed by atoms with Crippen molar-refractivity contribution in [2.45, 2.75) is 37.7 Å². The average Bonchev–Trinajstić information content (AvgIpc) is 2.55. The second-order valence-corrected chi connectivity index (χ2v) is 7.12. The van der Waals surface area contributed by atoms with Crippen LogP contribution in [0.4, 0.5) is 0 Å². The average molecular weight is 269 g/mol. The number of rotatable bonds is 2. The van der Waals surface area contributed by atoms with E-state index in [4.69, 9.17) is 4.74 Å². The number of nitrogens with zero attached hydrogens (tertiary/aromatic N) is 1. The van der Waals surface area contributed by atoms with Gasteiger partial charge in [0.1, 0.15) is 11.9 Å². The highest BCUT2D eigenvalue weighted by atomic mass is 32.2. The number of sulfonamides is 1. The standard InChI is InChI=1S/C13H19NO3S/c1-8-10(3)17-11-6-7-12(9(2)13(8)11)18(15,16)14(4)5/h6-8,10H,1-5H3. The molecule has 0 fully saturated rings. The second kappa shape index (κ2) is 4.24. The lowest BCUT2D eigenvalue weighted by Gasteiger charge is -2.16. The minimum atomic E-state index is -3.39. The molecular formula is C13H19NO3S. The molecular weight excluding hydrogens is 250 g/mol. The van der Waals surface area contributed by atoms with Gasteiger partial charge in [-0.3, -0.25) is 0 Å². The fourth-order valence-electron chi connectivity index (χ4n) is 2.37. The van der Waals surface area contributed by atoms with E-state index in [2.05, 4.69) is 6.92 Å². The summed E-state index contributed by atoms with van der Waals surface area (Å²) < 4.78 is 31.4. The van der Waals surface area contributed by atoms with Crippen LogP contribution in [0.2, 0.25) is 0 Å². The van der Waals surface area contributed by atoms with Crippen LogP contribution in [0, 0.1) is 6.92 Å². The first-order valence-corrected chi connectivity index (χ1v) is 7.43. The lowest BCUT2D eigenvalue weighted by atomic mass is 9.94. The van der Waals surface area contributed by atoms with E-state index in [9.17, 15) is 8.42 Å². The number of benzene rings is 1. The van der Waals surface area contributed by atoms with Gasteiger partial charge in [-0.2, -0.15) is 0 Å². The van der Waals surface area contributed by atoms with Gasteiger partial charge in [0.25, 0.3) is 0 Å². The van der Waals surface area contributed by atoms with E-state index >= 15 is 0 Å². The van der Waals surface area contributed by atoms with Crippen LogP contribution in [-0.2, 0) is 10.0 Å². The lowest BCUT2D eigenvalue weighted by Crippen LogP contribution is -2.23. The van der Waals surface area contributed by atoms with E-state index in [0.29, 0.717) is 4.90 Å². The molecule has 4 nitrogen and oxygen atoms in total. The third kappa shape index (κ3) is 1.82. The maximum Gasteiger partial charge on any atom is 0.242 e. The van der Waals surface area contributed by atoms with Crippen molar-refractivity contribution in [3.63, 3.8) is 0 Å². The molecule has 0 spiro atoms. The number of fused-ring (bicyclic) bond motifs is 1. The molecule has 0 bridgehead atoms. The highest BCUT2D eigenvalue weighted by Crippen LogP contribution is 2.42. The van der Waals surface area contributed by atoms with E-state index in [1.54, 1.807) is 26.2 Å². The molecule has 1 aliphatic rings. The predicted octanol–water partition coefficient (Wildman–Crippen LogP) is 2.13. The Hall–Kier alpha value is -1.07. The van der Waals surface area contributed by atoms with Crippen molar-refractivity contribution in [3.05, 3.63) is 23.3 Å². The number of hydrogen-bond acceptors (Lipinski definition) is 3. The van der Waals surface area contributed by atoms with Gasteiger partial charge in [-0.15, -0.1) is 0 Å². The highest BCUT2D eigenvalue weighted by Gasteiger charge is 2.32. The van der Waals surface area contributed by atoms with Crippen molar-refractivity contribution in [2.24, 2.45) is 0 Å². The third-order valence-electron chi connectivity index (χ3n) is 3.66. The van der Waals surface area contributed by atoms with Gasteiger partial charge >= 0.3 is 0 Å². The Labute approximate surface area is 109 Å². The zero-order valence-corrected chi connectivity index (χ0v) is 12.2. The summed E-state index contributed by atoms with van der Waals surface area (Å²) >= 11 is 0. The summed E-state index contributed by atoms with van der Waals surface area (Å²) in [4.78, 5) is 0.371. The SMILES string of the molecule is Cc1c(S(=O)(=O)N(C)C)ccc2c1C(C)C(C)O2. The third-order valence-corrected chi connectivity index (χ3v) is 5.62. The molecule has 1 heterocycles. The van der Waals surface area contributed by atoms with E-state index in [1.807, 2.05) is 13.8 Å². The van der Waals surface area contributed by atoms with Crippen molar-refractivity contribution in [1.29, 1.82) is 0 Å². The fraction of sp³-hybridized carbons (Fsp3) is 0.538. The van der Waals surface area contributed by atoms with Crippen LogP contribution in [0.5, 0.6) is 5.75 Å². The number of ether oxygens (including phenoxy) is 1. The van der Waals surface area contributed by atoms with Crippen molar-refractivity contribution in [3.8, 4) is 5.75 Å². The van der Waals surface area contributed by atoms with Crippen LogP contribution < -0.4 is 4.74 Å². The summed E-state index contributed by atoms with van der Waals surface area (Å²) in [5.74, 6) is 1.03. The zero-order chi connectivity index (χ0) is 13.7. The van der Waals surface area contributed by atoms with Crippen molar-refractivity contribution in [1.82, 2.24) is 4.31 Å². The summed E-state index contributed by atoms with van der Waals surface area (Å²) in [6.45, 7) is 5.92. The highest BCUT2D eigenvalue weighted by molar-refractivity contribution is 7.89. The maximum atomic E-state index is 12.2. The van der Waals surface area contributed by atoms with E-state index in [1.165, 1.54) is 4.31 Å². The fourth-order valence-corrected chi connectivity index (χ4v) is 3.50. The molecule has 0 N–H and O–H groups in total. The zero-order valence-electron chi connectivity index (χ0n) is 11.4. The Balaban J connectivity index is 2.63. The molecule has 5 heteroatoms. The molecule has 1 aromatic rings. The molecule has 18 heavy (non-hydrogen) atoms. The van der Waals surface area contributed by atoms with E-state index in [0.717, 1.165) is 16.9 Å². The summed E-state index contributed by atoms with van der Waals surface area (Å²) in [6, 6.07) is 3.40. The number of hydrogen-bond donors (Lipinski definition) is 0. The molecule has 2 rings (SSSR count). The topological polar surface area (TPSA) is 46.6 Å². The monoisotopic (exact) mass is 269 g/mol. The smallest absolute Gasteiger partial charge is 0.242 e. The normalized spacial score (nSPS) is 23.0. The largest absolute Gasteiger partial charge is 0.490 e. The molecule has 0 amide bonds. The van der Waals surface area contributed by atoms with Gasteiger partial charge < -0.3 is 4.74 Å². The van der Waals surface area contributed by atoms with Gasteiger partial charge in [0.2, 0.25) is 10.0 Å². The Kier molecular flexibility index (Phi) is 3.15. The molecule has 1 aliphatic heterocycles. The molecule has 1 aromatic carbocycles. The molecule has 0 aromatic heterocycles. The minimum Gasteiger partial charge on any atom is -0.490 e. The van der Waals surface area contributed by atoms with Crippen LogP contribution in [-0.4, -0.2) is 32.9 Å². The summed E-state index contributed by atoms with van der Waals surface area (Å²) in [7, 11) is -0.300. The van der Waals surface area contributed by atoms with Gasteiger partial charge in [-0.25, -0.2) is 12.7 Å². The summed E-state index contributed by atoms with van der Waals surface area (Å²) in [5.41, 5.74) is 1.82. The first-order valence-electron chi connectivity index (χ1n) is 5.99. The van der Waals surface area contributed by atoms with Crippen LogP contribution in [0.15, 0.2) is 17.0 Å². The first-order chi connectivity index (χ1) is 8.26. The first kappa shape index (κ1) is 13.4. The molecule has 0 saturated carbocycles. The van der Waals surface area contributed by atoms with Crippen LogP contribution in [0.3, 0.4) is 0 Å². The van der Waals surface area contributed by atoms with E-state index in [-0.39, 0.29) is 12.0 Å². The lowest BCUT2D eigenvalue weighted by molar-refractivity contribution is 0.232. The van der Waals surface area contributed by atoms with Crippen molar-refractivity contribution < 1.29 is 13.2 Å². The summed E-state index contributed by atoms with van der Waals surface area (Å²) in [6.07, 6.45) is 0.0935. The van der Waals surface area contributed by atoms with Crippen LogP contribution in [0.25, 0.3) is 0 Å². The van der Waals surface area contributed by atoms with Crippen LogP contribution in [0.1, 0.15) is 30.9 Å². The molecule has 2 atom stereocenters. The van der Waals surface area contributed by atoms with Gasteiger partial charge in [0.05, 0.1) is 4.90 Å². The van der Waals surface area contributed by atoms with Gasteiger partial charge in [-0.05, 0) is 31.5 Å². The van der Waals surface area contributed by atoms with Crippen LogP contribution >= 0.6 is 0 Å². The van der Waals surface area contributed by atoms with Crippen molar-refractivity contribution in [2.75, 3.05) is 14.1 Å². The molecule has 2 unspecified atom stereocenters.